The lowest BCUT2D eigenvalue weighted by Gasteiger charge is -2.11. The number of methoxy groups -OCH3 is 1. The minimum absolute atomic E-state index is 0.000757. The standard InChI is InChI=1S/C15H15NO5/c1-20-10-6-4-9(5-7-10)14-12(18)13(19)15(21-14)16-8-2-3-11(16)17/h4-7,18-19H,2-3,8H2,1H3. The molecule has 3 rings (SSSR count). The summed E-state index contributed by atoms with van der Waals surface area (Å²) in [5.74, 6) is -0.0964. The Morgan fingerprint density at radius 3 is 2.48 bits per heavy atom. The minimum atomic E-state index is -0.406. The first-order valence-corrected chi connectivity index (χ1v) is 6.61. The molecule has 2 heterocycles. The Kier molecular flexibility index (Phi) is 3.21. The van der Waals surface area contributed by atoms with E-state index in [2.05, 4.69) is 0 Å². The molecule has 0 unspecified atom stereocenters. The number of aromatic hydroxyl groups is 2. The lowest BCUT2D eigenvalue weighted by Crippen LogP contribution is -2.23. The Bertz CT molecular complexity index is 674. The van der Waals surface area contributed by atoms with Gasteiger partial charge in [0.1, 0.15) is 5.75 Å². The maximum Gasteiger partial charge on any atom is 0.249 e. The van der Waals surface area contributed by atoms with E-state index in [1.165, 1.54) is 4.90 Å². The van der Waals surface area contributed by atoms with Crippen LogP contribution in [0.3, 0.4) is 0 Å². The maximum atomic E-state index is 11.7. The van der Waals surface area contributed by atoms with Gasteiger partial charge in [-0.05, 0) is 30.7 Å². The van der Waals surface area contributed by atoms with Gasteiger partial charge in [-0.3, -0.25) is 9.69 Å². The number of anilines is 1. The molecule has 1 aromatic carbocycles. The molecule has 0 aliphatic carbocycles. The first kappa shape index (κ1) is 13.4. The van der Waals surface area contributed by atoms with Gasteiger partial charge in [0.2, 0.25) is 23.3 Å². The zero-order chi connectivity index (χ0) is 15.0. The normalized spacial score (nSPS) is 14.7. The highest BCUT2D eigenvalue weighted by Crippen LogP contribution is 2.47. The molecule has 0 saturated carbocycles. The Morgan fingerprint density at radius 2 is 1.90 bits per heavy atom. The minimum Gasteiger partial charge on any atom is -0.502 e. The molecule has 21 heavy (non-hydrogen) atoms. The van der Waals surface area contributed by atoms with Crippen molar-refractivity contribution in [3.05, 3.63) is 24.3 Å². The summed E-state index contributed by atoms with van der Waals surface area (Å²) in [7, 11) is 1.56. The van der Waals surface area contributed by atoms with Crippen molar-refractivity contribution in [1.29, 1.82) is 0 Å². The molecule has 0 bridgehead atoms. The van der Waals surface area contributed by atoms with Gasteiger partial charge in [0.05, 0.1) is 7.11 Å². The quantitative estimate of drug-likeness (QED) is 0.907. The van der Waals surface area contributed by atoms with E-state index in [0.29, 0.717) is 30.7 Å². The molecule has 1 aliphatic heterocycles. The highest BCUT2D eigenvalue weighted by molar-refractivity contribution is 5.96. The van der Waals surface area contributed by atoms with E-state index in [0.717, 1.165) is 0 Å². The third-order valence-corrected chi connectivity index (χ3v) is 3.51. The molecule has 110 valence electrons. The SMILES string of the molecule is COc1ccc(-c2oc(N3CCCC3=O)c(O)c2O)cc1. The van der Waals surface area contributed by atoms with Crippen LogP contribution < -0.4 is 9.64 Å². The van der Waals surface area contributed by atoms with Crippen molar-refractivity contribution in [3.8, 4) is 28.6 Å². The topological polar surface area (TPSA) is 83.1 Å². The number of ether oxygens (including phenoxy) is 1. The van der Waals surface area contributed by atoms with Crippen LogP contribution in [0.1, 0.15) is 12.8 Å². The zero-order valence-corrected chi connectivity index (χ0v) is 11.5. The predicted octanol–water partition coefficient (Wildman–Crippen LogP) is 2.49. The molecule has 2 N–H and O–H groups in total. The Morgan fingerprint density at radius 1 is 1.19 bits per heavy atom. The summed E-state index contributed by atoms with van der Waals surface area (Å²) in [6, 6.07) is 6.84. The van der Waals surface area contributed by atoms with Crippen LogP contribution in [-0.2, 0) is 4.79 Å². The largest absolute Gasteiger partial charge is 0.502 e. The third kappa shape index (κ3) is 2.18. The predicted molar refractivity (Wildman–Crippen MR) is 75.6 cm³/mol. The highest BCUT2D eigenvalue weighted by Gasteiger charge is 2.31. The monoisotopic (exact) mass is 289 g/mol. The number of nitrogens with zero attached hydrogens (tertiary/aromatic N) is 1. The van der Waals surface area contributed by atoms with Crippen LogP contribution >= 0.6 is 0 Å². The smallest absolute Gasteiger partial charge is 0.249 e. The van der Waals surface area contributed by atoms with Crippen LogP contribution in [0.25, 0.3) is 11.3 Å². The van der Waals surface area contributed by atoms with Crippen LogP contribution in [0, 0.1) is 0 Å². The van der Waals surface area contributed by atoms with Crippen molar-refractivity contribution in [2.45, 2.75) is 12.8 Å². The second-order valence-electron chi connectivity index (χ2n) is 4.81. The van der Waals surface area contributed by atoms with Crippen LogP contribution in [0.2, 0.25) is 0 Å². The van der Waals surface area contributed by atoms with E-state index >= 15 is 0 Å². The van der Waals surface area contributed by atoms with Crippen molar-refractivity contribution in [1.82, 2.24) is 0 Å². The first-order valence-electron chi connectivity index (χ1n) is 6.61. The van der Waals surface area contributed by atoms with Gasteiger partial charge in [0, 0.05) is 18.5 Å². The summed E-state index contributed by atoms with van der Waals surface area (Å²) >= 11 is 0. The second-order valence-corrected chi connectivity index (χ2v) is 4.81. The molecule has 1 amide bonds. The molecule has 2 aromatic rings. The number of hydrogen-bond donors (Lipinski definition) is 2. The molecule has 1 aliphatic rings. The van der Waals surface area contributed by atoms with Crippen LogP contribution in [0.15, 0.2) is 28.7 Å². The van der Waals surface area contributed by atoms with E-state index < -0.39 is 5.75 Å². The molecule has 0 spiro atoms. The van der Waals surface area contributed by atoms with E-state index in [-0.39, 0.29) is 23.3 Å². The number of benzene rings is 1. The highest BCUT2D eigenvalue weighted by atomic mass is 16.5. The lowest BCUT2D eigenvalue weighted by molar-refractivity contribution is -0.117. The van der Waals surface area contributed by atoms with Crippen molar-refractivity contribution >= 4 is 11.8 Å². The molecule has 6 nitrogen and oxygen atoms in total. The molecular formula is C15H15NO5. The molecule has 1 saturated heterocycles. The molecule has 0 atom stereocenters. The number of amides is 1. The van der Waals surface area contributed by atoms with Gasteiger partial charge in [-0.1, -0.05) is 0 Å². The fraction of sp³-hybridized carbons (Fsp3) is 0.267. The molecule has 1 fully saturated rings. The summed E-state index contributed by atoms with van der Waals surface area (Å²) in [6.45, 7) is 0.474. The van der Waals surface area contributed by atoms with E-state index in [1.807, 2.05) is 0 Å². The fourth-order valence-electron chi connectivity index (χ4n) is 2.39. The first-order chi connectivity index (χ1) is 10.1. The Balaban J connectivity index is 2.01. The van der Waals surface area contributed by atoms with E-state index in [4.69, 9.17) is 9.15 Å². The number of carbonyl (C=O) groups is 1. The van der Waals surface area contributed by atoms with Crippen LogP contribution in [0.4, 0.5) is 5.88 Å². The Labute approximate surface area is 121 Å². The van der Waals surface area contributed by atoms with Crippen LogP contribution in [-0.4, -0.2) is 29.8 Å². The molecule has 1 aromatic heterocycles. The van der Waals surface area contributed by atoms with E-state index in [1.54, 1.807) is 31.4 Å². The number of hydrogen-bond acceptors (Lipinski definition) is 5. The van der Waals surface area contributed by atoms with Gasteiger partial charge < -0.3 is 19.4 Å². The molecule has 0 radical (unpaired) electrons. The number of furan rings is 1. The summed E-state index contributed by atoms with van der Waals surface area (Å²) in [6.07, 6.45) is 1.12. The third-order valence-electron chi connectivity index (χ3n) is 3.51. The maximum absolute atomic E-state index is 11.7. The van der Waals surface area contributed by atoms with Gasteiger partial charge in [-0.2, -0.15) is 0 Å². The summed E-state index contributed by atoms with van der Waals surface area (Å²) < 4.78 is 10.6. The summed E-state index contributed by atoms with van der Waals surface area (Å²) in [5.41, 5.74) is 0.585. The molecule has 6 heteroatoms. The van der Waals surface area contributed by atoms with Gasteiger partial charge in [-0.25, -0.2) is 0 Å². The average molecular weight is 289 g/mol. The zero-order valence-electron chi connectivity index (χ0n) is 11.5. The Hall–Kier alpha value is -2.63. The van der Waals surface area contributed by atoms with Crippen molar-refractivity contribution in [2.75, 3.05) is 18.6 Å². The van der Waals surface area contributed by atoms with E-state index in [9.17, 15) is 15.0 Å². The van der Waals surface area contributed by atoms with Crippen LogP contribution in [0.5, 0.6) is 17.2 Å². The summed E-state index contributed by atoms with van der Waals surface area (Å²) in [4.78, 5) is 13.1. The van der Waals surface area contributed by atoms with Crippen molar-refractivity contribution < 1.29 is 24.2 Å². The average Bonchev–Trinajstić information content (AvgIpc) is 3.04. The number of rotatable bonds is 3. The lowest BCUT2D eigenvalue weighted by atomic mass is 10.1. The fourth-order valence-corrected chi connectivity index (χ4v) is 2.39. The molecular weight excluding hydrogens is 274 g/mol. The van der Waals surface area contributed by atoms with Gasteiger partial charge in [-0.15, -0.1) is 0 Å². The van der Waals surface area contributed by atoms with Crippen molar-refractivity contribution in [2.24, 2.45) is 0 Å². The second kappa shape index (κ2) is 5.05. The number of carbonyl (C=O) groups excluding carboxylic acids is 1. The summed E-state index contributed by atoms with van der Waals surface area (Å²) in [5, 5.41) is 20.0. The van der Waals surface area contributed by atoms with Crippen molar-refractivity contribution in [3.63, 3.8) is 0 Å². The van der Waals surface area contributed by atoms with Gasteiger partial charge >= 0.3 is 0 Å². The van der Waals surface area contributed by atoms with Gasteiger partial charge in [0.25, 0.3) is 0 Å². The van der Waals surface area contributed by atoms with Gasteiger partial charge in [0.15, 0.2) is 5.76 Å².